The molecule has 1 saturated carbocycles. The zero-order valence-corrected chi connectivity index (χ0v) is 16.4. The minimum absolute atomic E-state index is 0.475. The summed E-state index contributed by atoms with van der Waals surface area (Å²) >= 11 is 5.76. The summed E-state index contributed by atoms with van der Waals surface area (Å²) in [6, 6.07) is 12.7. The SMILES string of the molecule is COc1ccc(C[NH+](C)Cn2nc(-c3cccnc3)n(C3CC3)c2=S)cc1. The van der Waals surface area contributed by atoms with Crippen molar-refractivity contribution in [3.05, 3.63) is 59.1 Å². The van der Waals surface area contributed by atoms with Crippen molar-refractivity contribution in [2.24, 2.45) is 0 Å². The number of aromatic nitrogens is 4. The molecule has 1 atom stereocenters. The van der Waals surface area contributed by atoms with E-state index < -0.39 is 0 Å². The number of pyridine rings is 1. The van der Waals surface area contributed by atoms with Gasteiger partial charge in [-0.2, -0.15) is 4.68 Å². The molecule has 3 aromatic rings. The Balaban J connectivity index is 1.55. The summed E-state index contributed by atoms with van der Waals surface area (Å²) in [4.78, 5) is 5.55. The maximum Gasteiger partial charge on any atom is 0.203 e. The molecule has 1 aliphatic carbocycles. The molecule has 140 valence electrons. The van der Waals surface area contributed by atoms with E-state index in [4.69, 9.17) is 22.1 Å². The molecule has 0 amide bonds. The van der Waals surface area contributed by atoms with E-state index in [2.05, 4.69) is 28.7 Å². The average molecular weight is 383 g/mol. The van der Waals surface area contributed by atoms with Crippen molar-refractivity contribution < 1.29 is 9.64 Å². The van der Waals surface area contributed by atoms with Crippen LogP contribution in [0.4, 0.5) is 0 Å². The lowest BCUT2D eigenvalue weighted by atomic mass is 10.2. The van der Waals surface area contributed by atoms with Gasteiger partial charge in [0, 0.05) is 29.6 Å². The molecule has 0 spiro atoms. The number of rotatable bonds is 7. The van der Waals surface area contributed by atoms with Crippen LogP contribution in [0.15, 0.2) is 48.8 Å². The van der Waals surface area contributed by atoms with Crippen LogP contribution in [0.1, 0.15) is 24.4 Å². The fourth-order valence-corrected chi connectivity index (χ4v) is 3.62. The fraction of sp³-hybridized carbons (Fsp3) is 0.350. The van der Waals surface area contributed by atoms with Gasteiger partial charge in [-0.15, -0.1) is 5.10 Å². The molecule has 0 bridgehead atoms. The Bertz CT molecular complexity index is 960. The molecule has 1 aliphatic rings. The predicted octanol–water partition coefficient (Wildman–Crippen LogP) is 2.49. The summed E-state index contributed by atoms with van der Waals surface area (Å²) < 4.78 is 10.2. The van der Waals surface area contributed by atoms with Crippen molar-refractivity contribution in [3.8, 4) is 17.1 Å². The number of methoxy groups -OCH3 is 1. The number of hydrogen-bond donors (Lipinski definition) is 1. The van der Waals surface area contributed by atoms with Gasteiger partial charge in [-0.1, -0.05) is 0 Å². The number of benzene rings is 1. The van der Waals surface area contributed by atoms with Gasteiger partial charge in [-0.05, 0) is 61.5 Å². The first-order valence-corrected chi connectivity index (χ1v) is 9.60. The van der Waals surface area contributed by atoms with Gasteiger partial charge in [0.25, 0.3) is 0 Å². The smallest absolute Gasteiger partial charge is 0.203 e. The second-order valence-corrected chi connectivity index (χ2v) is 7.45. The Morgan fingerprint density at radius 3 is 2.63 bits per heavy atom. The van der Waals surface area contributed by atoms with E-state index in [1.165, 1.54) is 23.3 Å². The molecule has 2 aromatic heterocycles. The molecule has 0 radical (unpaired) electrons. The second kappa shape index (κ2) is 7.62. The van der Waals surface area contributed by atoms with E-state index >= 15 is 0 Å². The molecule has 4 rings (SSSR count). The predicted molar refractivity (Wildman–Crippen MR) is 106 cm³/mol. The van der Waals surface area contributed by atoms with E-state index in [9.17, 15) is 0 Å². The maximum atomic E-state index is 5.76. The Labute approximate surface area is 164 Å². The van der Waals surface area contributed by atoms with Crippen LogP contribution in [0.5, 0.6) is 5.75 Å². The second-order valence-electron chi connectivity index (χ2n) is 7.09. The maximum absolute atomic E-state index is 5.76. The summed E-state index contributed by atoms with van der Waals surface area (Å²) in [6.45, 7) is 1.61. The average Bonchev–Trinajstić information content (AvgIpc) is 3.48. The fourth-order valence-electron chi connectivity index (χ4n) is 3.28. The minimum Gasteiger partial charge on any atom is -0.497 e. The quantitative estimate of drug-likeness (QED) is 0.638. The van der Waals surface area contributed by atoms with E-state index in [1.807, 2.05) is 35.1 Å². The number of quaternary nitrogens is 1. The van der Waals surface area contributed by atoms with Crippen molar-refractivity contribution >= 4 is 12.2 Å². The minimum atomic E-state index is 0.475. The van der Waals surface area contributed by atoms with E-state index in [0.717, 1.165) is 35.1 Å². The molecular formula is C20H24N5OS+. The highest BCUT2D eigenvalue weighted by Gasteiger charge is 2.29. The number of nitrogens with zero attached hydrogens (tertiary/aromatic N) is 4. The van der Waals surface area contributed by atoms with Crippen molar-refractivity contribution in [1.29, 1.82) is 0 Å². The number of nitrogens with one attached hydrogen (secondary N) is 1. The molecule has 1 fully saturated rings. The van der Waals surface area contributed by atoms with Crippen LogP contribution in [0.3, 0.4) is 0 Å². The first kappa shape index (κ1) is 17.9. The molecule has 27 heavy (non-hydrogen) atoms. The van der Waals surface area contributed by atoms with Crippen LogP contribution in [-0.2, 0) is 13.2 Å². The van der Waals surface area contributed by atoms with Crippen LogP contribution >= 0.6 is 12.2 Å². The van der Waals surface area contributed by atoms with Gasteiger partial charge in [-0.25, -0.2) is 0 Å². The van der Waals surface area contributed by atoms with Gasteiger partial charge in [0.2, 0.25) is 4.77 Å². The third-order valence-electron chi connectivity index (χ3n) is 4.79. The molecule has 0 saturated heterocycles. The molecule has 2 heterocycles. The third kappa shape index (κ3) is 3.94. The molecule has 1 unspecified atom stereocenters. The van der Waals surface area contributed by atoms with Gasteiger partial charge < -0.3 is 9.64 Å². The van der Waals surface area contributed by atoms with Crippen molar-refractivity contribution in [1.82, 2.24) is 19.3 Å². The van der Waals surface area contributed by atoms with Crippen LogP contribution in [-0.4, -0.2) is 33.5 Å². The highest BCUT2D eigenvalue weighted by molar-refractivity contribution is 7.71. The van der Waals surface area contributed by atoms with Crippen molar-refractivity contribution in [3.63, 3.8) is 0 Å². The lowest BCUT2D eigenvalue weighted by molar-refractivity contribution is -0.917. The Morgan fingerprint density at radius 2 is 2.00 bits per heavy atom. The summed E-state index contributed by atoms with van der Waals surface area (Å²) in [5.74, 6) is 1.80. The first-order valence-electron chi connectivity index (χ1n) is 9.19. The lowest BCUT2D eigenvalue weighted by Gasteiger charge is -2.14. The topological polar surface area (TPSA) is 49.3 Å². The summed E-state index contributed by atoms with van der Waals surface area (Å²) in [6.07, 6.45) is 5.97. The number of ether oxygens (including phenoxy) is 1. The lowest BCUT2D eigenvalue weighted by Crippen LogP contribution is -3.07. The molecule has 7 heteroatoms. The van der Waals surface area contributed by atoms with Crippen LogP contribution in [0, 0.1) is 4.77 Å². The normalized spacial score (nSPS) is 14.9. The molecule has 6 nitrogen and oxygen atoms in total. The van der Waals surface area contributed by atoms with Gasteiger partial charge in [0.15, 0.2) is 12.5 Å². The monoisotopic (exact) mass is 382 g/mol. The summed E-state index contributed by atoms with van der Waals surface area (Å²) in [5.41, 5.74) is 2.27. The van der Waals surface area contributed by atoms with Crippen LogP contribution in [0.2, 0.25) is 0 Å². The standard InChI is InChI=1S/C20H23N5OS/c1-23(13-15-5-9-18(26-2)10-6-15)14-24-20(27)25(17-7-8-17)19(22-24)16-4-3-11-21-12-16/h3-6,9-12,17H,7-8,13-14H2,1-2H3/p+1. The largest absolute Gasteiger partial charge is 0.497 e. The zero-order chi connectivity index (χ0) is 18.8. The van der Waals surface area contributed by atoms with E-state index in [-0.39, 0.29) is 0 Å². The van der Waals surface area contributed by atoms with Crippen molar-refractivity contribution in [2.75, 3.05) is 14.2 Å². The first-order chi connectivity index (χ1) is 13.2. The molecule has 0 aliphatic heterocycles. The van der Waals surface area contributed by atoms with Gasteiger partial charge in [-0.3, -0.25) is 9.55 Å². The third-order valence-corrected chi connectivity index (χ3v) is 5.19. The van der Waals surface area contributed by atoms with Crippen LogP contribution in [0.25, 0.3) is 11.4 Å². The van der Waals surface area contributed by atoms with Crippen LogP contribution < -0.4 is 9.64 Å². The Morgan fingerprint density at radius 1 is 1.22 bits per heavy atom. The summed E-state index contributed by atoms with van der Waals surface area (Å²) in [7, 11) is 3.84. The van der Waals surface area contributed by atoms with Gasteiger partial charge in [0.1, 0.15) is 12.3 Å². The zero-order valence-electron chi connectivity index (χ0n) is 15.6. The highest BCUT2D eigenvalue weighted by Crippen LogP contribution is 2.38. The van der Waals surface area contributed by atoms with Gasteiger partial charge >= 0.3 is 0 Å². The van der Waals surface area contributed by atoms with E-state index in [1.54, 1.807) is 13.3 Å². The molecule has 1 N–H and O–H groups in total. The Hall–Kier alpha value is -2.51. The highest BCUT2D eigenvalue weighted by atomic mass is 32.1. The molecular weight excluding hydrogens is 358 g/mol. The van der Waals surface area contributed by atoms with Gasteiger partial charge in [0.05, 0.1) is 14.2 Å². The summed E-state index contributed by atoms with van der Waals surface area (Å²) in [5, 5.41) is 4.84. The Kier molecular flexibility index (Phi) is 5.05. The van der Waals surface area contributed by atoms with E-state index in [0.29, 0.717) is 6.04 Å². The number of hydrogen-bond acceptors (Lipinski definition) is 4. The van der Waals surface area contributed by atoms with Crippen molar-refractivity contribution in [2.45, 2.75) is 32.1 Å². The molecule has 1 aromatic carbocycles.